The standard InChI is InChI=1S/C23H19ClN2O4S/c1-23(28,21(27)26-22-25-17-12-11-15(24)13-19(17)31-22)20(14-7-3-2-4-8-14)16-9-5-6-10-18(16)30-29/h2-13,20,28-29H,1H3,(H,25,26,27). The normalized spacial score (nSPS) is 14.1. The van der Waals surface area contributed by atoms with E-state index in [0.717, 1.165) is 4.70 Å². The van der Waals surface area contributed by atoms with Crippen LogP contribution in [0, 0.1) is 0 Å². The topological polar surface area (TPSA) is 91.7 Å². The van der Waals surface area contributed by atoms with Crippen molar-refractivity contribution in [1.82, 2.24) is 4.98 Å². The Labute approximate surface area is 187 Å². The van der Waals surface area contributed by atoms with Crippen molar-refractivity contribution < 1.29 is 20.0 Å². The molecule has 0 aliphatic carbocycles. The van der Waals surface area contributed by atoms with Gasteiger partial charge in [0.1, 0.15) is 0 Å². The predicted molar refractivity (Wildman–Crippen MR) is 122 cm³/mol. The first-order valence-corrected chi connectivity index (χ1v) is 10.6. The molecule has 0 aliphatic rings. The largest absolute Gasteiger partial charge is 0.379 e. The van der Waals surface area contributed by atoms with E-state index in [1.54, 1.807) is 54.6 Å². The van der Waals surface area contributed by atoms with Crippen molar-refractivity contribution in [3.8, 4) is 5.75 Å². The molecule has 0 fully saturated rings. The van der Waals surface area contributed by atoms with Crippen molar-refractivity contribution in [2.24, 2.45) is 0 Å². The van der Waals surface area contributed by atoms with Crippen molar-refractivity contribution in [2.45, 2.75) is 18.4 Å². The molecule has 2 atom stereocenters. The summed E-state index contributed by atoms with van der Waals surface area (Å²) in [6.07, 6.45) is 0. The van der Waals surface area contributed by atoms with Crippen molar-refractivity contribution in [3.05, 3.63) is 88.9 Å². The molecule has 0 bridgehead atoms. The molecule has 6 nitrogen and oxygen atoms in total. The number of aromatic nitrogens is 1. The Kier molecular flexibility index (Phi) is 5.93. The molecule has 2 unspecified atom stereocenters. The molecular weight excluding hydrogens is 436 g/mol. The summed E-state index contributed by atoms with van der Waals surface area (Å²) in [5, 5.41) is 24.5. The van der Waals surface area contributed by atoms with Gasteiger partial charge in [-0.2, -0.15) is 0 Å². The number of anilines is 1. The lowest BCUT2D eigenvalue weighted by Crippen LogP contribution is -2.46. The highest BCUT2D eigenvalue weighted by molar-refractivity contribution is 7.22. The van der Waals surface area contributed by atoms with Gasteiger partial charge in [-0.15, -0.1) is 0 Å². The first-order valence-electron chi connectivity index (χ1n) is 9.45. The van der Waals surface area contributed by atoms with Crippen LogP contribution in [0.4, 0.5) is 5.13 Å². The maximum absolute atomic E-state index is 13.2. The van der Waals surface area contributed by atoms with Crippen molar-refractivity contribution >= 4 is 44.2 Å². The van der Waals surface area contributed by atoms with Crippen LogP contribution in [-0.2, 0) is 4.79 Å². The molecule has 4 rings (SSSR count). The average molecular weight is 455 g/mol. The molecule has 1 aromatic heterocycles. The summed E-state index contributed by atoms with van der Waals surface area (Å²) < 4.78 is 0.820. The first kappa shape index (κ1) is 21.3. The molecule has 1 heterocycles. The SMILES string of the molecule is CC(O)(C(=O)Nc1nc2ccc(Cl)cc2s1)C(c1ccccc1)c1ccccc1OO. The summed E-state index contributed by atoms with van der Waals surface area (Å²) >= 11 is 7.29. The van der Waals surface area contributed by atoms with Gasteiger partial charge in [-0.25, -0.2) is 10.2 Å². The summed E-state index contributed by atoms with van der Waals surface area (Å²) in [6.45, 7) is 1.43. The van der Waals surface area contributed by atoms with E-state index >= 15 is 0 Å². The molecule has 0 saturated carbocycles. The predicted octanol–water partition coefficient (Wildman–Crippen LogP) is 5.32. The highest BCUT2D eigenvalue weighted by Crippen LogP contribution is 2.40. The van der Waals surface area contributed by atoms with Gasteiger partial charge in [-0.05, 0) is 36.8 Å². The number of aliphatic hydroxyl groups is 1. The lowest BCUT2D eigenvalue weighted by molar-refractivity contribution is -0.140. The van der Waals surface area contributed by atoms with Gasteiger partial charge in [0.15, 0.2) is 16.5 Å². The minimum Gasteiger partial charge on any atom is -0.379 e. The van der Waals surface area contributed by atoms with E-state index in [-0.39, 0.29) is 5.75 Å². The number of para-hydroxylation sites is 1. The number of nitrogens with one attached hydrogen (secondary N) is 1. The van der Waals surface area contributed by atoms with Crippen LogP contribution in [0.1, 0.15) is 24.0 Å². The van der Waals surface area contributed by atoms with Crippen LogP contribution in [0.5, 0.6) is 5.75 Å². The Balaban J connectivity index is 1.73. The number of hydrogen-bond donors (Lipinski definition) is 3. The van der Waals surface area contributed by atoms with Crippen LogP contribution in [0.3, 0.4) is 0 Å². The molecule has 4 aromatic rings. The van der Waals surface area contributed by atoms with E-state index in [1.807, 2.05) is 18.2 Å². The third-order valence-corrected chi connectivity index (χ3v) is 6.22. The van der Waals surface area contributed by atoms with E-state index in [2.05, 4.69) is 15.2 Å². The van der Waals surface area contributed by atoms with Gasteiger partial charge >= 0.3 is 0 Å². The summed E-state index contributed by atoms with van der Waals surface area (Å²) in [5.41, 5.74) is -0.0514. The first-order chi connectivity index (χ1) is 14.9. The number of amides is 1. The van der Waals surface area contributed by atoms with Crippen molar-refractivity contribution in [3.63, 3.8) is 0 Å². The summed E-state index contributed by atoms with van der Waals surface area (Å²) in [4.78, 5) is 22.2. The number of carbonyl (C=O) groups excluding carboxylic acids is 1. The molecular formula is C23H19ClN2O4S. The lowest BCUT2D eigenvalue weighted by Gasteiger charge is -2.32. The molecule has 0 spiro atoms. The number of halogens is 1. The second-order valence-electron chi connectivity index (χ2n) is 7.21. The maximum atomic E-state index is 13.2. The molecule has 8 heteroatoms. The van der Waals surface area contributed by atoms with Crippen LogP contribution in [0.25, 0.3) is 10.2 Å². The molecule has 3 N–H and O–H groups in total. The Morgan fingerprint density at radius 2 is 1.84 bits per heavy atom. The van der Waals surface area contributed by atoms with Crippen LogP contribution in [0.2, 0.25) is 5.02 Å². The van der Waals surface area contributed by atoms with E-state index in [9.17, 15) is 15.2 Å². The molecule has 1 amide bonds. The Bertz CT molecular complexity index is 1230. The third kappa shape index (κ3) is 4.26. The second kappa shape index (κ2) is 8.64. The fourth-order valence-electron chi connectivity index (χ4n) is 3.56. The Morgan fingerprint density at radius 3 is 2.58 bits per heavy atom. The third-order valence-electron chi connectivity index (χ3n) is 5.05. The number of hydrogen-bond acceptors (Lipinski definition) is 6. The molecule has 0 aliphatic heterocycles. The van der Waals surface area contributed by atoms with Crippen LogP contribution >= 0.6 is 22.9 Å². The van der Waals surface area contributed by atoms with Crippen LogP contribution < -0.4 is 10.2 Å². The molecule has 0 saturated heterocycles. The number of carbonyl (C=O) groups is 1. The fourth-order valence-corrected chi connectivity index (χ4v) is 4.70. The number of benzene rings is 3. The molecule has 0 radical (unpaired) electrons. The number of thiazole rings is 1. The van der Waals surface area contributed by atoms with Gasteiger partial charge < -0.3 is 9.99 Å². The Morgan fingerprint density at radius 1 is 1.13 bits per heavy atom. The van der Waals surface area contributed by atoms with E-state index in [1.165, 1.54) is 18.3 Å². The van der Waals surface area contributed by atoms with Crippen LogP contribution in [0.15, 0.2) is 72.8 Å². The number of fused-ring (bicyclic) bond motifs is 1. The van der Waals surface area contributed by atoms with Gasteiger partial charge in [0.2, 0.25) is 0 Å². The zero-order valence-electron chi connectivity index (χ0n) is 16.4. The highest BCUT2D eigenvalue weighted by Gasteiger charge is 2.43. The summed E-state index contributed by atoms with van der Waals surface area (Å²) in [6, 6.07) is 21.1. The zero-order chi connectivity index (χ0) is 22.0. The van der Waals surface area contributed by atoms with Gasteiger partial charge in [-0.3, -0.25) is 10.1 Å². The minimum absolute atomic E-state index is 0.152. The Hall–Kier alpha value is -2.97. The minimum atomic E-state index is -1.90. The van der Waals surface area contributed by atoms with Crippen LogP contribution in [-0.4, -0.2) is 26.9 Å². The average Bonchev–Trinajstić information content (AvgIpc) is 3.16. The van der Waals surface area contributed by atoms with Crippen molar-refractivity contribution in [1.29, 1.82) is 0 Å². The molecule has 3 aromatic carbocycles. The second-order valence-corrected chi connectivity index (χ2v) is 8.67. The maximum Gasteiger partial charge on any atom is 0.258 e. The fraction of sp³-hybridized carbons (Fsp3) is 0.130. The smallest absolute Gasteiger partial charge is 0.258 e. The molecule has 158 valence electrons. The van der Waals surface area contributed by atoms with E-state index < -0.39 is 17.4 Å². The van der Waals surface area contributed by atoms with Gasteiger partial charge in [-0.1, -0.05) is 71.5 Å². The van der Waals surface area contributed by atoms with Gasteiger partial charge in [0, 0.05) is 10.6 Å². The van der Waals surface area contributed by atoms with Gasteiger partial charge in [0.25, 0.3) is 5.91 Å². The highest BCUT2D eigenvalue weighted by atomic mass is 35.5. The van der Waals surface area contributed by atoms with Gasteiger partial charge in [0.05, 0.1) is 16.1 Å². The van der Waals surface area contributed by atoms with E-state index in [0.29, 0.717) is 26.8 Å². The number of rotatable bonds is 6. The monoisotopic (exact) mass is 454 g/mol. The van der Waals surface area contributed by atoms with Crippen molar-refractivity contribution in [2.75, 3.05) is 5.32 Å². The molecule has 31 heavy (non-hydrogen) atoms. The lowest BCUT2D eigenvalue weighted by atomic mass is 9.77. The quantitative estimate of drug-likeness (QED) is 0.271. The number of nitrogens with zero attached hydrogens (tertiary/aromatic N) is 1. The van der Waals surface area contributed by atoms with E-state index in [4.69, 9.17) is 11.6 Å². The zero-order valence-corrected chi connectivity index (χ0v) is 18.0. The summed E-state index contributed by atoms with van der Waals surface area (Å²) in [5.74, 6) is -1.31. The summed E-state index contributed by atoms with van der Waals surface area (Å²) in [7, 11) is 0.